The van der Waals surface area contributed by atoms with Crippen LogP contribution in [0.5, 0.6) is 11.5 Å². The highest BCUT2D eigenvalue weighted by Gasteiger charge is 2.05. The van der Waals surface area contributed by atoms with Crippen LogP contribution in [0, 0.1) is 11.6 Å². The number of hydrogen-bond acceptors (Lipinski definition) is 4. The third kappa shape index (κ3) is 7.72. The van der Waals surface area contributed by atoms with E-state index in [0.717, 1.165) is 56.1 Å². The van der Waals surface area contributed by atoms with Gasteiger partial charge in [-0.2, -0.15) is 0 Å². The van der Waals surface area contributed by atoms with Gasteiger partial charge in [0.15, 0.2) is 0 Å². The Kier molecular flexibility index (Phi) is 9.55. The molecule has 154 valence electrons. The van der Waals surface area contributed by atoms with Crippen LogP contribution in [0.25, 0.3) is 0 Å². The van der Waals surface area contributed by atoms with E-state index in [1.165, 1.54) is 0 Å². The highest BCUT2D eigenvalue weighted by atomic mass is 19.1. The fraction of sp³-hybridized carbons (Fsp3) is 0.455. The van der Waals surface area contributed by atoms with Crippen LogP contribution in [0.2, 0.25) is 0 Å². The molecule has 0 saturated heterocycles. The third-order valence-corrected chi connectivity index (χ3v) is 4.20. The number of hydrogen-bond donors (Lipinski definition) is 1. The molecule has 2 aromatic carbocycles. The summed E-state index contributed by atoms with van der Waals surface area (Å²) in [6, 6.07) is 8.79. The Bertz CT molecular complexity index is 725. The van der Waals surface area contributed by atoms with E-state index < -0.39 is 11.6 Å². The molecule has 2 aromatic rings. The van der Waals surface area contributed by atoms with Gasteiger partial charge in [-0.05, 0) is 49.6 Å². The van der Waals surface area contributed by atoms with Crippen LogP contribution in [0.15, 0.2) is 36.4 Å². The molecule has 0 aliphatic heterocycles. The lowest BCUT2D eigenvalue weighted by molar-refractivity contribution is 0.111. The number of unbranched alkanes of at least 4 members (excludes halogenated alkanes) is 3. The van der Waals surface area contributed by atoms with E-state index in [0.29, 0.717) is 31.3 Å². The topological polar surface area (TPSA) is 53.7 Å². The third-order valence-electron chi connectivity index (χ3n) is 4.20. The Morgan fingerprint density at radius 2 is 1.61 bits per heavy atom. The lowest BCUT2D eigenvalue weighted by Gasteiger charge is -2.11. The molecule has 0 aromatic heterocycles. The summed E-state index contributed by atoms with van der Waals surface area (Å²) in [6.45, 7) is 3.84. The fourth-order valence-corrected chi connectivity index (χ4v) is 2.61. The maximum Gasteiger partial charge on any atom is 0.142 e. The minimum absolute atomic E-state index is 0.0527. The zero-order chi connectivity index (χ0) is 20.2. The fourth-order valence-electron chi connectivity index (χ4n) is 2.61. The second-order valence-electron chi connectivity index (χ2n) is 6.60. The molecule has 28 heavy (non-hydrogen) atoms. The van der Waals surface area contributed by atoms with E-state index in [1.807, 2.05) is 12.1 Å². The quantitative estimate of drug-likeness (QED) is 0.361. The van der Waals surface area contributed by atoms with Gasteiger partial charge in [-0.15, -0.1) is 0 Å². The van der Waals surface area contributed by atoms with Gasteiger partial charge in [0.25, 0.3) is 0 Å². The van der Waals surface area contributed by atoms with Crippen molar-refractivity contribution in [2.75, 3.05) is 25.6 Å². The molecule has 2 N–H and O–H groups in total. The Morgan fingerprint density at radius 1 is 0.857 bits per heavy atom. The molecule has 0 fully saturated rings. The molecule has 0 bridgehead atoms. The summed E-state index contributed by atoms with van der Waals surface area (Å²) in [7, 11) is 0. The van der Waals surface area contributed by atoms with Gasteiger partial charge in [0.05, 0.1) is 25.5 Å². The van der Waals surface area contributed by atoms with E-state index in [9.17, 15) is 8.78 Å². The average molecular weight is 393 g/mol. The summed E-state index contributed by atoms with van der Waals surface area (Å²) in [5.74, 6) is 0.448. The first-order chi connectivity index (χ1) is 13.6. The highest BCUT2D eigenvalue weighted by molar-refractivity contribution is 5.56. The Labute approximate surface area is 165 Å². The zero-order valence-electron chi connectivity index (χ0n) is 16.4. The first kappa shape index (κ1) is 22.0. The van der Waals surface area contributed by atoms with Gasteiger partial charge in [-0.3, -0.25) is 0 Å². The van der Waals surface area contributed by atoms with Gasteiger partial charge in [-0.1, -0.05) is 19.8 Å². The number of nitrogens with two attached hydrogens (primary N) is 1. The van der Waals surface area contributed by atoms with Gasteiger partial charge >= 0.3 is 0 Å². The van der Waals surface area contributed by atoms with Crippen molar-refractivity contribution in [3.8, 4) is 11.5 Å². The van der Waals surface area contributed by atoms with Crippen molar-refractivity contribution in [2.45, 2.75) is 45.6 Å². The molecule has 0 unspecified atom stereocenters. The van der Waals surface area contributed by atoms with Gasteiger partial charge in [0.2, 0.25) is 0 Å². The van der Waals surface area contributed by atoms with E-state index >= 15 is 0 Å². The predicted molar refractivity (Wildman–Crippen MR) is 107 cm³/mol. The maximum absolute atomic E-state index is 13.5. The molecule has 0 radical (unpaired) electrons. The SMILES string of the molecule is CCCCCOc1ccc(OCCCCOCc2cc(F)ccc2F)c(N)c1. The molecule has 4 nitrogen and oxygen atoms in total. The smallest absolute Gasteiger partial charge is 0.142 e. The Morgan fingerprint density at radius 3 is 2.39 bits per heavy atom. The molecule has 0 amide bonds. The molecule has 2 rings (SSSR count). The second-order valence-corrected chi connectivity index (χ2v) is 6.60. The molecule has 0 aliphatic rings. The Hall–Kier alpha value is -2.34. The predicted octanol–water partition coefficient (Wildman–Crippen LogP) is 5.49. The second kappa shape index (κ2) is 12.2. The molecule has 0 atom stereocenters. The number of halogens is 2. The van der Waals surface area contributed by atoms with Crippen molar-refractivity contribution in [2.24, 2.45) is 0 Å². The number of benzene rings is 2. The molecule has 6 heteroatoms. The summed E-state index contributed by atoms with van der Waals surface area (Å²) in [4.78, 5) is 0. The average Bonchev–Trinajstić information content (AvgIpc) is 2.68. The van der Waals surface area contributed by atoms with Crippen LogP contribution in [-0.2, 0) is 11.3 Å². The van der Waals surface area contributed by atoms with Crippen LogP contribution in [0.1, 0.15) is 44.6 Å². The van der Waals surface area contributed by atoms with Crippen molar-refractivity contribution < 1.29 is 23.0 Å². The monoisotopic (exact) mass is 393 g/mol. The summed E-state index contributed by atoms with van der Waals surface area (Å²) in [5, 5.41) is 0. The molecule has 0 aliphatic carbocycles. The molecular formula is C22H29F2NO3. The first-order valence-electron chi connectivity index (χ1n) is 9.77. The van der Waals surface area contributed by atoms with Gasteiger partial charge in [-0.25, -0.2) is 8.78 Å². The number of anilines is 1. The number of nitrogen functional groups attached to an aromatic ring is 1. The van der Waals surface area contributed by atoms with Crippen LogP contribution >= 0.6 is 0 Å². The molecule has 0 spiro atoms. The normalized spacial score (nSPS) is 10.8. The standard InChI is InChI=1S/C22H29F2NO3/c1-2-3-4-12-27-19-8-10-22(21(25)15-19)28-13-6-5-11-26-16-17-14-18(23)7-9-20(17)24/h7-10,14-15H,2-6,11-13,16,25H2,1H3. The minimum atomic E-state index is -0.469. The maximum atomic E-state index is 13.5. The van der Waals surface area contributed by atoms with Crippen molar-refractivity contribution in [3.63, 3.8) is 0 Å². The van der Waals surface area contributed by atoms with Crippen molar-refractivity contribution in [1.82, 2.24) is 0 Å². The zero-order valence-corrected chi connectivity index (χ0v) is 16.4. The minimum Gasteiger partial charge on any atom is -0.494 e. The van der Waals surface area contributed by atoms with Gasteiger partial charge in [0.1, 0.15) is 23.1 Å². The summed E-state index contributed by atoms with van der Waals surface area (Å²) >= 11 is 0. The van der Waals surface area contributed by atoms with Crippen LogP contribution in [-0.4, -0.2) is 19.8 Å². The van der Waals surface area contributed by atoms with Gasteiger partial charge in [0, 0.05) is 18.2 Å². The highest BCUT2D eigenvalue weighted by Crippen LogP contribution is 2.26. The van der Waals surface area contributed by atoms with Crippen molar-refractivity contribution >= 4 is 5.69 Å². The Balaban J connectivity index is 1.60. The number of ether oxygens (including phenoxy) is 3. The van der Waals surface area contributed by atoms with Crippen LogP contribution in [0.4, 0.5) is 14.5 Å². The van der Waals surface area contributed by atoms with Gasteiger partial charge < -0.3 is 19.9 Å². The van der Waals surface area contributed by atoms with E-state index in [2.05, 4.69) is 6.92 Å². The van der Waals surface area contributed by atoms with Crippen LogP contribution in [0.3, 0.4) is 0 Å². The summed E-state index contributed by atoms with van der Waals surface area (Å²) < 4.78 is 43.3. The van der Waals surface area contributed by atoms with Crippen molar-refractivity contribution in [1.29, 1.82) is 0 Å². The van der Waals surface area contributed by atoms with E-state index in [-0.39, 0.29) is 12.2 Å². The number of rotatable bonds is 13. The summed E-state index contributed by atoms with van der Waals surface area (Å²) in [6.07, 6.45) is 4.85. The first-order valence-corrected chi connectivity index (χ1v) is 9.77. The largest absolute Gasteiger partial charge is 0.494 e. The van der Waals surface area contributed by atoms with Crippen LogP contribution < -0.4 is 15.2 Å². The molecule has 0 heterocycles. The summed E-state index contributed by atoms with van der Waals surface area (Å²) in [5.41, 5.74) is 6.78. The van der Waals surface area contributed by atoms with E-state index in [1.54, 1.807) is 6.07 Å². The lowest BCUT2D eigenvalue weighted by Crippen LogP contribution is -2.04. The molecular weight excluding hydrogens is 364 g/mol. The molecule has 0 saturated carbocycles. The lowest BCUT2D eigenvalue weighted by atomic mass is 10.2. The van der Waals surface area contributed by atoms with E-state index in [4.69, 9.17) is 19.9 Å². The van der Waals surface area contributed by atoms with Crippen molar-refractivity contribution in [3.05, 3.63) is 53.6 Å².